The number of benzene rings is 1. The van der Waals surface area contributed by atoms with E-state index in [1.165, 1.54) is 36.8 Å². The van der Waals surface area contributed by atoms with E-state index >= 15 is 0 Å². The smallest absolute Gasteiger partial charge is 0.0672 e. The van der Waals surface area contributed by atoms with E-state index in [1.54, 1.807) is 0 Å². The summed E-state index contributed by atoms with van der Waals surface area (Å²) in [6.07, 6.45) is 9.34. The average molecular weight is 269 g/mol. The van der Waals surface area contributed by atoms with Gasteiger partial charge in [-0.1, -0.05) is 50.1 Å². The van der Waals surface area contributed by atoms with Crippen LogP contribution in [-0.4, -0.2) is 22.4 Å². The summed E-state index contributed by atoms with van der Waals surface area (Å²) in [4.78, 5) is 0. The van der Waals surface area contributed by atoms with Crippen LogP contribution in [0.5, 0.6) is 0 Å². The lowest BCUT2D eigenvalue weighted by Crippen LogP contribution is -2.39. The van der Waals surface area contributed by atoms with E-state index in [0.717, 1.165) is 6.54 Å². The summed E-state index contributed by atoms with van der Waals surface area (Å²) in [6.45, 7) is 3.22. The van der Waals surface area contributed by atoms with Gasteiger partial charge in [0.05, 0.1) is 12.2 Å². The van der Waals surface area contributed by atoms with Crippen molar-refractivity contribution in [2.24, 2.45) is 0 Å². The molecule has 0 saturated heterocycles. The Labute approximate surface area is 121 Å². The van der Waals surface area contributed by atoms with E-state index in [9.17, 15) is 0 Å². The molecule has 0 amide bonds. The largest absolute Gasteiger partial charge is 0.312 e. The van der Waals surface area contributed by atoms with Crippen molar-refractivity contribution in [3.05, 3.63) is 42.7 Å². The fraction of sp³-hybridized carbons (Fsp3) is 0.471. The van der Waals surface area contributed by atoms with Gasteiger partial charge in [0, 0.05) is 17.8 Å². The maximum absolute atomic E-state index is 4.63. The molecule has 2 atom stereocenters. The second-order valence-corrected chi connectivity index (χ2v) is 5.59. The first-order valence-corrected chi connectivity index (χ1v) is 7.71. The van der Waals surface area contributed by atoms with Gasteiger partial charge in [-0.25, -0.2) is 0 Å². The van der Waals surface area contributed by atoms with Gasteiger partial charge in [0.2, 0.25) is 0 Å². The van der Waals surface area contributed by atoms with E-state index in [0.29, 0.717) is 12.1 Å². The summed E-state index contributed by atoms with van der Waals surface area (Å²) in [7, 11) is 0. The number of hydrogen-bond donors (Lipinski definition) is 1. The Bertz CT molecular complexity index is 530. The molecular formula is C17H23N3. The van der Waals surface area contributed by atoms with Gasteiger partial charge in [0.25, 0.3) is 0 Å². The Kier molecular flexibility index (Phi) is 4.16. The van der Waals surface area contributed by atoms with E-state index < -0.39 is 0 Å². The first-order valence-electron chi connectivity index (χ1n) is 7.71. The molecule has 20 heavy (non-hydrogen) atoms. The molecule has 2 unspecified atom stereocenters. The molecule has 1 aliphatic carbocycles. The highest BCUT2D eigenvalue weighted by Crippen LogP contribution is 2.29. The molecule has 1 N–H and O–H groups in total. The Morgan fingerprint density at radius 1 is 1.15 bits per heavy atom. The number of nitrogens with one attached hydrogen (secondary N) is 1. The van der Waals surface area contributed by atoms with Crippen LogP contribution >= 0.6 is 0 Å². The number of nitrogens with zero attached hydrogens (tertiary/aromatic N) is 2. The van der Waals surface area contributed by atoms with Crippen molar-refractivity contribution < 1.29 is 0 Å². The maximum atomic E-state index is 4.63. The van der Waals surface area contributed by atoms with Crippen molar-refractivity contribution in [1.82, 2.24) is 15.1 Å². The van der Waals surface area contributed by atoms with Crippen LogP contribution in [0.2, 0.25) is 0 Å². The Morgan fingerprint density at radius 2 is 1.95 bits per heavy atom. The summed E-state index contributed by atoms with van der Waals surface area (Å²) in [5, 5.41) is 8.25. The third-order valence-electron chi connectivity index (χ3n) is 4.24. The Balaban J connectivity index is 1.81. The van der Waals surface area contributed by atoms with Crippen molar-refractivity contribution in [3.63, 3.8) is 0 Å². The quantitative estimate of drug-likeness (QED) is 0.918. The third-order valence-corrected chi connectivity index (χ3v) is 4.24. The molecule has 2 aromatic rings. The van der Waals surface area contributed by atoms with Gasteiger partial charge in [0.15, 0.2) is 0 Å². The van der Waals surface area contributed by atoms with Gasteiger partial charge in [-0.05, 0) is 24.9 Å². The number of aromatic nitrogens is 2. The summed E-state index contributed by atoms with van der Waals surface area (Å²) in [5.74, 6) is 0. The van der Waals surface area contributed by atoms with E-state index in [-0.39, 0.29) is 0 Å². The standard InChI is InChI=1S/C17H23N3/c1-2-18-16-10-6-7-11-17(16)20-13-15(12-19-20)14-8-4-3-5-9-14/h3-5,8-9,12-13,16-18H,2,6-7,10-11H2,1H3. The van der Waals surface area contributed by atoms with Gasteiger partial charge < -0.3 is 5.32 Å². The molecule has 1 aliphatic rings. The highest BCUT2D eigenvalue weighted by Gasteiger charge is 2.26. The molecule has 1 aromatic heterocycles. The minimum absolute atomic E-state index is 0.501. The van der Waals surface area contributed by atoms with Crippen LogP contribution in [0, 0.1) is 0 Å². The molecule has 1 aromatic carbocycles. The van der Waals surface area contributed by atoms with Crippen molar-refractivity contribution in [2.45, 2.75) is 44.7 Å². The van der Waals surface area contributed by atoms with Crippen LogP contribution in [-0.2, 0) is 0 Å². The third kappa shape index (κ3) is 2.78. The lowest BCUT2D eigenvalue weighted by molar-refractivity contribution is 0.250. The zero-order chi connectivity index (χ0) is 13.8. The Hall–Kier alpha value is -1.61. The molecule has 3 heteroatoms. The second kappa shape index (κ2) is 6.23. The monoisotopic (exact) mass is 269 g/mol. The molecule has 0 bridgehead atoms. The van der Waals surface area contributed by atoms with Gasteiger partial charge >= 0.3 is 0 Å². The Morgan fingerprint density at radius 3 is 2.75 bits per heavy atom. The molecule has 0 radical (unpaired) electrons. The fourth-order valence-corrected chi connectivity index (χ4v) is 3.23. The van der Waals surface area contributed by atoms with Crippen molar-refractivity contribution in [1.29, 1.82) is 0 Å². The SMILES string of the molecule is CCNC1CCCCC1n1cc(-c2ccccc2)cn1. The number of likely N-dealkylation sites (N-methyl/N-ethyl adjacent to an activating group) is 1. The summed E-state index contributed by atoms with van der Waals surface area (Å²) < 4.78 is 2.18. The van der Waals surface area contributed by atoms with E-state index in [4.69, 9.17) is 0 Å². The molecular weight excluding hydrogens is 246 g/mol. The zero-order valence-corrected chi connectivity index (χ0v) is 12.1. The van der Waals surface area contributed by atoms with Crippen LogP contribution in [0.4, 0.5) is 0 Å². The fourth-order valence-electron chi connectivity index (χ4n) is 3.23. The molecule has 0 aliphatic heterocycles. The first kappa shape index (κ1) is 13.4. The van der Waals surface area contributed by atoms with Gasteiger partial charge in [-0.2, -0.15) is 5.10 Å². The molecule has 1 heterocycles. The topological polar surface area (TPSA) is 29.9 Å². The summed E-state index contributed by atoms with van der Waals surface area (Å²) in [6, 6.07) is 11.6. The van der Waals surface area contributed by atoms with E-state index in [2.05, 4.69) is 58.5 Å². The van der Waals surface area contributed by atoms with Crippen molar-refractivity contribution >= 4 is 0 Å². The molecule has 0 spiro atoms. The summed E-state index contributed by atoms with van der Waals surface area (Å²) in [5.41, 5.74) is 2.46. The van der Waals surface area contributed by atoms with Crippen LogP contribution in [0.1, 0.15) is 38.6 Å². The predicted molar refractivity (Wildman–Crippen MR) is 82.6 cm³/mol. The number of rotatable bonds is 4. The second-order valence-electron chi connectivity index (χ2n) is 5.59. The molecule has 1 fully saturated rings. The number of hydrogen-bond acceptors (Lipinski definition) is 2. The molecule has 1 saturated carbocycles. The van der Waals surface area contributed by atoms with Gasteiger partial charge in [-0.3, -0.25) is 4.68 Å². The van der Waals surface area contributed by atoms with E-state index in [1.807, 2.05) is 6.20 Å². The normalized spacial score (nSPS) is 22.9. The highest BCUT2D eigenvalue weighted by atomic mass is 15.3. The van der Waals surface area contributed by atoms with Gasteiger partial charge in [0.1, 0.15) is 0 Å². The van der Waals surface area contributed by atoms with Crippen LogP contribution < -0.4 is 5.32 Å². The van der Waals surface area contributed by atoms with Crippen LogP contribution in [0.15, 0.2) is 42.7 Å². The molecule has 3 nitrogen and oxygen atoms in total. The molecule has 106 valence electrons. The van der Waals surface area contributed by atoms with Crippen molar-refractivity contribution in [2.75, 3.05) is 6.54 Å². The predicted octanol–water partition coefficient (Wildman–Crippen LogP) is 3.64. The van der Waals surface area contributed by atoms with Crippen molar-refractivity contribution in [3.8, 4) is 11.1 Å². The first-order chi connectivity index (χ1) is 9.88. The summed E-state index contributed by atoms with van der Waals surface area (Å²) >= 11 is 0. The minimum atomic E-state index is 0.501. The highest BCUT2D eigenvalue weighted by molar-refractivity contribution is 5.61. The average Bonchev–Trinajstić information content (AvgIpc) is 2.99. The van der Waals surface area contributed by atoms with Crippen LogP contribution in [0.3, 0.4) is 0 Å². The maximum Gasteiger partial charge on any atom is 0.0672 e. The lowest BCUT2D eigenvalue weighted by Gasteiger charge is -2.32. The molecule has 3 rings (SSSR count). The minimum Gasteiger partial charge on any atom is -0.312 e. The van der Waals surface area contributed by atoms with Gasteiger partial charge in [-0.15, -0.1) is 0 Å². The zero-order valence-electron chi connectivity index (χ0n) is 12.1. The lowest BCUT2D eigenvalue weighted by atomic mass is 9.90. The van der Waals surface area contributed by atoms with Crippen LogP contribution in [0.25, 0.3) is 11.1 Å².